The first-order valence-electron chi connectivity index (χ1n) is 5.51. The Bertz CT molecular complexity index is 441. The van der Waals surface area contributed by atoms with Crippen LogP contribution in [0.25, 0.3) is 0 Å². The van der Waals surface area contributed by atoms with Crippen molar-refractivity contribution in [2.75, 3.05) is 11.9 Å². The molecule has 0 spiro atoms. The van der Waals surface area contributed by atoms with Crippen LogP contribution in [0, 0.1) is 21.7 Å². The van der Waals surface area contributed by atoms with Gasteiger partial charge in [0.05, 0.1) is 11.0 Å². The molecule has 0 heterocycles. The highest BCUT2D eigenvalue weighted by Gasteiger charge is 2.21. The number of hydrogen-bond donors (Lipinski definition) is 2. The average Bonchev–Trinajstić information content (AvgIpc) is 2.31. The Kier molecular flexibility index (Phi) is 4.96. The molecule has 1 atom stereocenters. The summed E-state index contributed by atoms with van der Waals surface area (Å²) in [6, 6.07) is 1.58. The Labute approximate surface area is 103 Å². The van der Waals surface area contributed by atoms with Gasteiger partial charge in [-0.25, -0.2) is 8.78 Å². The van der Waals surface area contributed by atoms with Crippen LogP contribution in [0.5, 0.6) is 0 Å². The van der Waals surface area contributed by atoms with Gasteiger partial charge >= 0.3 is 0 Å². The molecule has 0 aliphatic heterocycles. The van der Waals surface area contributed by atoms with Crippen LogP contribution in [-0.4, -0.2) is 22.7 Å². The van der Waals surface area contributed by atoms with Crippen LogP contribution < -0.4 is 5.32 Å². The number of halogens is 2. The van der Waals surface area contributed by atoms with E-state index in [-0.39, 0.29) is 6.54 Å². The highest BCUT2D eigenvalue weighted by Crippen LogP contribution is 2.29. The zero-order valence-electron chi connectivity index (χ0n) is 9.82. The van der Waals surface area contributed by atoms with E-state index in [9.17, 15) is 24.0 Å². The molecule has 18 heavy (non-hydrogen) atoms. The van der Waals surface area contributed by atoms with Gasteiger partial charge in [-0.2, -0.15) is 0 Å². The van der Waals surface area contributed by atoms with Crippen LogP contribution in [-0.2, 0) is 0 Å². The lowest BCUT2D eigenvalue weighted by molar-refractivity contribution is -0.384. The number of aliphatic hydroxyl groups is 1. The van der Waals surface area contributed by atoms with Crippen LogP contribution >= 0.6 is 0 Å². The van der Waals surface area contributed by atoms with Crippen molar-refractivity contribution in [3.63, 3.8) is 0 Å². The first kappa shape index (κ1) is 14.3. The molecule has 1 unspecified atom stereocenters. The lowest BCUT2D eigenvalue weighted by atomic mass is 10.2. The number of benzene rings is 1. The first-order valence-corrected chi connectivity index (χ1v) is 5.51. The molecule has 0 saturated carbocycles. The summed E-state index contributed by atoms with van der Waals surface area (Å²) in [5.41, 5.74) is -1.09. The van der Waals surface area contributed by atoms with Gasteiger partial charge in [-0.3, -0.25) is 10.1 Å². The highest BCUT2D eigenvalue weighted by molar-refractivity contribution is 5.62. The topological polar surface area (TPSA) is 75.4 Å². The molecule has 1 aromatic carbocycles. The minimum Gasteiger partial charge on any atom is -0.391 e. The lowest BCUT2D eigenvalue weighted by Crippen LogP contribution is -2.20. The maximum absolute atomic E-state index is 13.4. The Morgan fingerprint density at radius 1 is 1.50 bits per heavy atom. The largest absolute Gasteiger partial charge is 0.391 e. The summed E-state index contributed by atoms with van der Waals surface area (Å²) < 4.78 is 26.4. The van der Waals surface area contributed by atoms with Gasteiger partial charge in [0.25, 0.3) is 5.69 Å². The Morgan fingerprint density at radius 3 is 2.72 bits per heavy atom. The number of anilines is 1. The first-order chi connectivity index (χ1) is 8.47. The molecule has 7 heteroatoms. The number of nitrogens with zero attached hydrogens (tertiary/aromatic N) is 1. The summed E-state index contributed by atoms with van der Waals surface area (Å²) >= 11 is 0. The average molecular weight is 260 g/mol. The number of hydrogen-bond acceptors (Lipinski definition) is 4. The van der Waals surface area contributed by atoms with Crippen molar-refractivity contribution >= 4 is 11.4 Å². The van der Waals surface area contributed by atoms with E-state index in [1.54, 1.807) is 0 Å². The standard InChI is InChI=1S/C11H14F2N2O3/c1-2-3-7(16)6-14-11-9(15(17)18)5-4-8(12)10(11)13/h4-5,7,14,16H,2-3,6H2,1H3. The molecule has 1 aromatic rings. The van der Waals surface area contributed by atoms with Crippen LogP contribution in [0.1, 0.15) is 19.8 Å². The highest BCUT2D eigenvalue weighted by atomic mass is 19.2. The molecule has 2 N–H and O–H groups in total. The lowest BCUT2D eigenvalue weighted by Gasteiger charge is -2.12. The predicted octanol–water partition coefficient (Wildman–Crippen LogP) is 2.45. The second-order valence-electron chi connectivity index (χ2n) is 3.84. The van der Waals surface area contributed by atoms with Gasteiger partial charge in [-0.15, -0.1) is 0 Å². The number of nitro benzene ring substituents is 1. The van der Waals surface area contributed by atoms with Gasteiger partial charge in [0.1, 0.15) is 0 Å². The molecule has 5 nitrogen and oxygen atoms in total. The fourth-order valence-corrected chi connectivity index (χ4v) is 1.52. The van der Waals surface area contributed by atoms with Crippen LogP contribution in [0.4, 0.5) is 20.2 Å². The monoisotopic (exact) mass is 260 g/mol. The summed E-state index contributed by atoms with van der Waals surface area (Å²) in [6.45, 7) is 1.78. The van der Waals surface area contributed by atoms with E-state index in [1.165, 1.54) is 0 Å². The van der Waals surface area contributed by atoms with E-state index >= 15 is 0 Å². The van der Waals surface area contributed by atoms with Gasteiger partial charge in [0.2, 0.25) is 0 Å². The third-order valence-electron chi connectivity index (χ3n) is 2.41. The fraction of sp³-hybridized carbons (Fsp3) is 0.455. The Balaban J connectivity index is 2.92. The number of nitro groups is 1. The quantitative estimate of drug-likeness (QED) is 0.608. The van der Waals surface area contributed by atoms with Crippen molar-refractivity contribution in [1.29, 1.82) is 0 Å². The Hall–Kier alpha value is -1.76. The number of nitrogens with one attached hydrogen (secondary N) is 1. The Morgan fingerprint density at radius 2 is 2.17 bits per heavy atom. The molecule has 0 fully saturated rings. The van der Waals surface area contributed by atoms with E-state index in [4.69, 9.17) is 0 Å². The summed E-state index contributed by atoms with van der Waals surface area (Å²) in [5.74, 6) is -2.49. The van der Waals surface area contributed by atoms with Crippen molar-refractivity contribution in [1.82, 2.24) is 0 Å². The second kappa shape index (κ2) is 6.25. The van der Waals surface area contributed by atoms with Gasteiger partial charge in [-0.05, 0) is 12.5 Å². The second-order valence-corrected chi connectivity index (χ2v) is 3.84. The molecule has 0 aliphatic carbocycles. The zero-order chi connectivity index (χ0) is 13.7. The van der Waals surface area contributed by atoms with Gasteiger partial charge < -0.3 is 10.4 Å². The van der Waals surface area contributed by atoms with Crippen LogP contribution in [0.3, 0.4) is 0 Å². The van der Waals surface area contributed by atoms with Crippen molar-refractivity contribution in [2.45, 2.75) is 25.9 Å². The molecule has 0 bridgehead atoms. The van der Waals surface area contributed by atoms with Gasteiger partial charge in [0.15, 0.2) is 17.3 Å². The summed E-state index contributed by atoms with van der Waals surface area (Å²) in [5, 5.41) is 22.5. The van der Waals surface area contributed by atoms with E-state index in [2.05, 4.69) is 5.32 Å². The van der Waals surface area contributed by atoms with E-state index in [0.29, 0.717) is 12.5 Å². The predicted molar refractivity (Wildman–Crippen MR) is 62.4 cm³/mol. The van der Waals surface area contributed by atoms with Crippen molar-refractivity contribution in [3.05, 3.63) is 33.9 Å². The van der Waals surface area contributed by atoms with Crippen molar-refractivity contribution < 1.29 is 18.8 Å². The minimum absolute atomic E-state index is 0.0744. The molecule has 0 radical (unpaired) electrons. The number of rotatable bonds is 6. The minimum atomic E-state index is -1.31. The third kappa shape index (κ3) is 3.36. The van der Waals surface area contributed by atoms with E-state index in [0.717, 1.165) is 12.5 Å². The zero-order valence-corrected chi connectivity index (χ0v) is 9.82. The third-order valence-corrected chi connectivity index (χ3v) is 2.41. The fourth-order valence-electron chi connectivity index (χ4n) is 1.52. The smallest absolute Gasteiger partial charge is 0.295 e. The maximum Gasteiger partial charge on any atom is 0.295 e. The molecular formula is C11H14F2N2O3. The van der Waals surface area contributed by atoms with E-state index in [1.807, 2.05) is 6.92 Å². The van der Waals surface area contributed by atoms with Gasteiger partial charge in [0, 0.05) is 12.6 Å². The maximum atomic E-state index is 13.4. The normalized spacial score (nSPS) is 12.2. The molecular weight excluding hydrogens is 246 g/mol. The molecule has 0 saturated heterocycles. The summed E-state index contributed by atoms with van der Waals surface area (Å²) in [4.78, 5) is 9.86. The SMILES string of the molecule is CCCC(O)CNc1c([N+](=O)[O-])ccc(F)c1F. The molecule has 1 rings (SSSR count). The molecule has 0 aliphatic rings. The van der Waals surface area contributed by atoms with Gasteiger partial charge in [-0.1, -0.05) is 13.3 Å². The van der Waals surface area contributed by atoms with E-state index < -0.39 is 34.0 Å². The van der Waals surface area contributed by atoms with Crippen LogP contribution in [0.15, 0.2) is 12.1 Å². The summed E-state index contributed by atoms with van der Waals surface area (Å²) in [6.07, 6.45) is 0.422. The summed E-state index contributed by atoms with van der Waals surface area (Å²) in [7, 11) is 0. The molecule has 100 valence electrons. The van der Waals surface area contributed by atoms with Crippen LogP contribution in [0.2, 0.25) is 0 Å². The molecule has 0 aromatic heterocycles. The van der Waals surface area contributed by atoms with Crippen molar-refractivity contribution in [2.24, 2.45) is 0 Å². The number of aliphatic hydroxyl groups excluding tert-OH is 1. The molecule has 0 amide bonds. The van der Waals surface area contributed by atoms with Crippen molar-refractivity contribution in [3.8, 4) is 0 Å².